The number of phenols is 1. The quantitative estimate of drug-likeness (QED) is 0.504. The minimum absolute atomic E-state index is 0.0637. The largest absolute Gasteiger partial charge is 0.507 e. The van der Waals surface area contributed by atoms with Crippen LogP contribution in [0.2, 0.25) is 0 Å². The Morgan fingerprint density at radius 1 is 1.06 bits per heavy atom. The smallest absolute Gasteiger partial charge is 0.416 e. The van der Waals surface area contributed by atoms with Crippen LogP contribution in [0.5, 0.6) is 11.5 Å². The van der Waals surface area contributed by atoms with Gasteiger partial charge in [-0.1, -0.05) is 6.07 Å². The molecule has 0 spiro atoms. The first-order valence-electron chi connectivity index (χ1n) is 9.90. The number of alkyl halides is 3. The molecule has 0 saturated carbocycles. The molecule has 0 unspecified atom stereocenters. The Kier molecular flexibility index (Phi) is 5.90. The van der Waals surface area contributed by atoms with Gasteiger partial charge in [0, 0.05) is 12.5 Å². The van der Waals surface area contributed by atoms with Crippen LogP contribution >= 0.6 is 0 Å². The maximum atomic E-state index is 13.6. The van der Waals surface area contributed by atoms with Gasteiger partial charge in [0.15, 0.2) is 0 Å². The number of fused-ring (bicyclic) bond motifs is 1. The first kappa shape index (κ1) is 23.4. The average Bonchev–Trinajstić information content (AvgIpc) is 3.25. The zero-order valence-electron chi connectivity index (χ0n) is 17.6. The number of phenolic OH excluding ortho intramolecular Hbond substituents is 1. The van der Waals surface area contributed by atoms with Crippen LogP contribution in [0.1, 0.15) is 21.5 Å². The lowest BCUT2D eigenvalue weighted by Crippen LogP contribution is -2.15. The van der Waals surface area contributed by atoms with E-state index in [1.165, 1.54) is 6.07 Å². The number of hydrogen-bond acceptors (Lipinski definition) is 6. The standard InChI is InChI=1S/C23H18F3NO6S/c1-32-22(29)19-4-3-17(12-20(19)28)27-34(30,31)18-10-15(9-16(11-18)23(24,25)26)13-2-5-21-14(8-13)6-7-33-21/h2-5,8-12,27-28H,6-7H2,1H3. The number of ether oxygens (including phenoxy) is 2. The molecule has 0 fully saturated rings. The molecule has 1 aliphatic rings. The predicted octanol–water partition coefficient (Wildman–Crippen LogP) is 4.60. The first-order valence-corrected chi connectivity index (χ1v) is 11.4. The molecule has 0 atom stereocenters. The second-order valence-corrected chi connectivity index (χ2v) is 9.18. The number of anilines is 1. The highest BCUT2D eigenvalue weighted by Gasteiger charge is 2.33. The SMILES string of the molecule is COC(=O)c1ccc(NS(=O)(=O)c2cc(-c3ccc4c(c3)CCO4)cc(C(F)(F)F)c2)cc1O. The average molecular weight is 493 g/mol. The van der Waals surface area contributed by atoms with E-state index in [1.807, 2.05) is 0 Å². The lowest BCUT2D eigenvalue weighted by molar-refractivity contribution is -0.137. The number of aromatic hydroxyl groups is 1. The molecular weight excluding hydrogens is 475 g/mol. The van der Waals surface area contributed by atoms with Crippen molar-refractivity contribution in [1.82, 2.24) is 0 Å². The summed E-state index contributed by atoms with van der Waals surface area (Å²) >= 11 is 0. The Morgan fingerprint density at radius 2 is 1.82 bits per heavy atom. The van der Waals surface area contributed by atoms with Crippen molar-refractivity contribution in [2.75, 3.05) is 18.4 Å². The van der Waals surface area contributed by atoms with E-state index in [0.29, 0.717) is 30.4 Å². The molecule has 0 aliphatic carbocycles. The van der Waals surface area contributed by atoms with Crippen molar-refractivity contribution in [2.24, 2.45) is 0 Å². The van der Waals surface area contributed by atoms with Crippen molar-refractivity contribution in [2.45, 2.75) is 17.5 Å². The zero-order chi connectivity index (χ0) is 24.7. The molecule has 0 saturated heterocycles. The van der Waals surface area contributed by atoms with Crippen molar-refractivity contribution >= 4 is 21.7 Å². The Bertz CT molecular complexity index is 1390. The molecule has 3 aromatic carbocycles. The number of benzene rings is 3. The number of esters is 1. The van der Waals surface area contributed by atoms with Crippen LogP contribution in [0, 0.1) is 0 Å². The fourth-order valence-electron chi connectivity index (χ4n) is 3.54. The van der Waals surface area contributed by atoms with Crippen LogP contribution in [-0.4, -0.2) is 33.2 Å². The maximum Gasteiger partial charge on any atom is 0.416 e. The molecule has 4 rings (SSSR count). The minimum Gasteiger partial charge on any atom is -0.507 e. The van der Waals surface area contributed by atoms with Crippen LogP contribution in [-0.2, 0) is 27.4 Å². The Hall–Kier alpha value is -3.73. The summed E-state index contributed by atoms with van der Waals surface area (Å²) in [6.45, 7) is 0.465. The van der Waals surface area contributed by atoms with Gasteiger partial charge in [-0.15, -0.1) is 0 Å². The maximum absolute atomic E-state index is 13.6. The van der Waals surface area contributed by atoms with Gasteiger partial charge in [0.25, 0.3) is 10.0 Å². The van der Waals surface area contributed by atoms with Crippen molar-refractivity contribution in [3.63, 3.8) is 0 Å². The van der Waals surface area contributed by atoms with Crippen molar-refractivity contribution in [3.8, 4) is 22.6 Å². The highest BCUT2D eigenvalue weighted by molar-refractivity contribution is 7.92. The number of sulfonamides is 1. The van der Waals surface area contributed by atoms with Crippen LogP contribution in [0.15, 0.2) is 59.5 Å². The van der Waals surface area contributed by atoms with Gasteiger partial charge in [-0.05, 0) is 59.2 Å². The molecule has 7 nitrogen and oxygen atoms in total. The van der Waals surface area contributed by atoms with Crippen LogP contribution < -0.4 is 9.46 Å². The Morgan fingerprint density at radius 3 is 2.50 bits per heavy atom. The van der Waals surface area contributed by atoms with Crippen molar-refractivity contribution < 1.29 is 41.0 Å². The molecule has 3 aromatic rings. The fraction of sp³-hybridized carbons (Fsp3) is 0.174. The molecule has 0 radical (unpaired) electrons. The van der Waals surface area contributed by atoms with Crippen LogP contribution in [0.25, 0.3) is 11.1 Å². The Labute approximate surface area is 192 Å². The number of hydrogen-bond donors (Lipinski definition) is 2. The fourth-order valence-corrected chi connectivity index (χ4v) is 4.66. The van der Waals surface area contributed by atoms with Gasteiger partial charge in [0.1, 0.15) is 17.1 Å². The zero-order valence-corrected chi connectivity index (χ0v) is 18.5. The summed E-state index contributed by atoms with van der Waals surface area (Å²) in [5.41, 5.74) is -0.198. The van der Waals surface area contributed by atoms with Gasteiger partial charge < -0.3 is 14.6 Å². The number of carbonyl (C=O) groups excluding carboxylic acids is 1. The van der Waals surface area contributed by atoms with E-state index in [-0.39, 0.29) is 16.8 Å². The summed E-state index contributed by atoms with van der Waals surface area (Å²) in [6, 6.07) is 10.7. The third-order valence-electron chi connectivity index (χ3n) is 5.22. The number of carbonyl (C=O) groups is 1. The monoisotopic (exact) mass is 493 g/mol. The first-order chi connectivity index (χ1) is 16.0. The van der Waals surface area contributed by atoms with Gasteiger partial charge in [-0.2, -0.15) is 13.2 Å². The predicted molar refractivity (Wildman–Crippen MR) is 116 cm³/mol. The van der Waals surface area contributed by atoms with Crippen LogP contribution in [0.3, 0.4) is 0 Å². The second kappa shape index (κ2) is 8.56. The summed E-state index contributed by atoms with van der Waals surface area (Å²) in [5, 5.41) is 9.99. The second-order valence-electron chi connectivity index (χ2n) is 7.49. The van der Waals surface area contributed by atoms with E-state index >= 15 is 0 Å². The minimum atomic E-state index is -4.79. The molecule has 1 heterocycles. The van der Waals surface area contributed by atoms with Crippen molar-refractivity contribution in [1.29, 1.82) is 0 Å². The van der Waals surface area contributed by atoms with Gasteiger partial charge in [0.05, 0.1) is 29.9 Å². The summed E-state index contributed by atoms with van der Waals surface area (Å²) in [7, 11) is -3.39. The third-order valence-corrected chi connectivity index (χ3v) is 6.58. The van der Waals surface area contributed by atoms with Gasteiger partial charge >= 0.3 is 12.1 Å². The summed E-state index contributed by atoms with van der Waals surface area (Å²) in [6.07, 6.45) is -4.19. The van der Waals surface area contributed by atoms with Gasteiger partial charge in [0.2, 0.25) is 0 Å². The molecule has 178 valence electrons. The van der Waals surface area contributed by atoms with Crippen LogP contribution in [0.4, 0.5) is 18.9 Å². The van der Waals surface area contributed by atoms with E-state index in [0.717, 1.165) is 36.9 Å². The lowest BCUT2D eigenvalue weighted by atomic mass is 10.00. The molecule has 0 amide bonds. The summed E-state index contributed by atoms with van der Waals surface area (Å²) < 4.78 is 78.8. The lowest BCUT2D eigenvalue weighted by Gasteiger charge is -2.15. The highest BCUT2D eigenvalue weighted by Crippen LogP contribution is 2.37. The third kappa shape index (κ3) is 4.65. The van der Waals surface area contributed by atoms with Crippen molar-refractivity contribution in [3.05, 3.63) is 71.3 Å². The molecule has 11 heteroatoms. The van der Waals surface area contributed by atoms with E-state index in [2.05, 4.69) is 9.46 Å². The molecule has 1 aliphatic heterocycles. The molecule has 0 bridgehead atoms. The molecule has 2 N–H and O–H groups in total. The summed E-state index contributed by atoms with van der Waals surface area (Å²) in [5.74, 6) is -0.758. The normalized spacial score (nSPS) is 13.2. The summed E-state index contributed by atoms with van der Waals surface area (Å²) in [4.78, 5) is 11.0. The highest BCUT2D eigenvalue weighted by atomic mass is 32.2. The topological polar surface area (TPSA) is 102 Å². The van der Waals surface area contributed by atoms with E-state index in [9.17, 15) is 31.5 Å². The number of methoxy groups -OCH3 is 1. The number of halogens is 3. The molecule has 0 aromatic heterocycles. The molecule has 34 heavy (non-hydrogen) atoms. The van der Waals surface area contributed by atoms with E-state index in [4.69, 9.17) is 4.74 Å². The van der Waals surface area contributed by atoms with Gasteiger partial charge in [-0.25, -0.2) is 13.2 Å². The number of nitrogens with one attached hydrogen (secondary N) is 1. The number of rotatable bonds is 5. The van der Waals surface area contributed by atoms with Gasteiger partial charge in [-0.3, -0.25) is 4.72 Å². The van der Waals surface area contributed by atoms with E-state index in [1.54, 1.807) is 18.2 Å². The van der Waals surface area contributed by atoms with E-state index < -0.39 is 38.4 Å². The Balaban J connectivity index is 1.75. The molecular formula is C23H18F3NO6S.